The molecule has 0 spiro atoms. The number of nitrogens with two attached hydrogens (primary N) is 1. The van der Waals surface area contributed by atoms with E-state index in [0.717, 1.165) is 6.07 Å². The first kappa shape index (κ1) is 22.0. The predicted octanol–water partition coefficient (Wildman–Crippen LogP) is 1.49. The van der Waals surface area contributed by atoms with Crippen molar-refractivity contribution in [3.63, 3.8) is 0 Å². The van der Waals surface area contributed by atoms with E-state index in [4.69, 9.17) is 22.1 Å². The van der Waals surface area contributed by atoms with Gasteiger partial charge < -0.3 is 15.4 Å². The molecule has 0 bridgehead atoms. The normalized spacial score (nSPS) is 15.1. The van der Waals surface area contributed by atoms with Gasteiger partial charge in [0.1, 0.15) is 11.6 Å². The Balaban J connectivity index is 1.59. The average Bonchev–Trinajstić information content (AvgIpc) is 2.72. The number of amides is 2. The number of hydrogen-bond acceptors (Lipinski definition) is 5. The molecule has 3 rings (SSSR count). The van der Waals surface area contributed by atoms with Crippen molar-refractivity contribution in [1.82, 2.24) is 9.21 Å². The van der Waals surface area contributed by atoms with E-state index >= 15 is 0 Å². The Bertz CT molecular complexity index is 1070. The Hall–Kier alpha value is -2.69. The van der Waals surface area contributed by atoms with Crippen molar-refractivity contribution in [2.45, 2.75) is 4.90 Å². The molecule has 0 aliphatic carbocycles. The van der Waals surface area contributed by atoms with Gasteiger partial charge in [-0.2, -0.15) is 4.31 Å². The van der Waals surface area contributed by atoms with E-state index in [2.05, 4.69) is 0 Å². The van der Waals surface area contributed by atoms with E-state index in [9.17, 15) is 22.4 Å². The Kier molecular flexibility index (Phi) is 6.59. The van der Waals surface area contributed by atoms with Gasteiger partial charge in [-0.05, 0) is 36.4 Å². The van der Waals surface area contributed by atoms with Crippen LogP contribution in [0.1, 0.15) is 10.4 Å². The van der Waals surface area contributed by atoms with Crippen LogP contribution < -0.4 is 10.5 Å². The molecule has 2 aromatic rings. The number of carbonyl (C=O) groups is 2. The second-order valence-electron chi connectivity index (χ2n) is 6.54. The molecule has 30 heavy (non-hydrogen) atoms. The van der Waals surface area contributed by atoms with Gasteiger partial charge in [0.15, 0.2) is 6.61 Å². The van der Waals surface area contributed by atoms with Gasteiger partial charge in [0.05, 0.1) is 10.5 Å². The monoisotopic (exact) mass is 455 g/mol. The number of nitrogens with zero attached hydrogens (tertiary/aromatic N) is 2. The maximum atomic E-state index is 13.4. The Labute approximate surface area is 178 Å². The van der Waals surface area contributed by atoms with Crippen LogP contribution in [-0.4, -0.2) is 62.2 Å². The highest BCUT2D eigenvalue weighted by atomic mass is 35.5. The molecule has 0 saturated carbocycles. The van der Waals surface area contributed by atoms with Crippen LogP contribution in [0.15, 0.2) is 47.4 Å². The van der Waals surface area contributed by atoms with Crippen molar-refractivity contribution in [3.05, 3.63) is 58.9 Å². The summed E-state index contributed by atoms with van der Waals surface area (Å²) in [5.74, 6) is -1.62. The highest BCUT2D eigenvalue weighted by Gasteiger charge is 2.30. The lowest BCUT2D eigenvalue weighted by Gasteiger charge is -2.34. The summed E-state index contributed by atoms with van der Waals surface area (Å²) in [7, 11) is -3.85. The number of carbonyl (C=O) groups excluding carboxylic acids is 2. The van der Waals surface area contributed by atoms with Crippen molar-refractivity contribution in [2.75, 3.05) is 32.8 Å². The van der Waals surface area contributed by atoms with Crippen molar-refractivity contribution >= 4 is 33.4 Å². The number of rotatable bonds is 6. The number of piperazine rings is 1. The first-order chi connectivity index (χ1) is 14.2. The summed E-state index contributed by atoms with van der Waals surface area (Å²) < 4.78 is 45.3. The summed E-state index contributed by atoms with van der Waals surface area (Å²) in [6, 6.07) is 9.08. The minimum atomic E-state index is -3.85. The minimum Gasteiger partial charge on any atom is -0.483 e. The molecule has 1 fully saturated rings. The minimum absolute atomic E-state index is 0.0568. The highest BCUT2D eigenvalue weighted by Crippen LogP contribution is 2.23. The van der Waals surface area contributed by atoms with Crippen LogP contribution >= 0.6 is 11.6 Å². The zero-order valence-corrected chi connectivity index (χ0v) is 17.3. The molecular weight excluding hydrogens is 437 g/mol. The summed E-state index contributed by atoms with van der Waals surface area (Å²) in [5.41, 5.74) is 5.34. The molecule has 160 valence electrons. The van der Waals surface area contributed by atoms with Crippen molar-refractivity contribution in [1.29, 1.82) is 0 Å². The SMILES string of the molecule is NC(=O)c1cc(Cl)ccc1OCC(=O)N1CCN(S(=O)(=O)c2cccc(F)c2)CC1. The highest BCUT2D eigenvalue weighted by molar-refractivity contribution is 7.89. The van der Waals surface area contributed by atoms with Crippen LogP contribution in [0.4, 0.5) is 4.39 Å². The van der Waals surface area contributed by atoms with Crippen molar-refractivity contribution < 1.29 is 27.1 Å². The summed E-state index contributed by atoms with van der Waals surface area (Å²) in [6.07, 6.45) is 0. The molecular formula is C19H19ClFN3O5S. The van der Waals surface area contributed by atoms with Gasteiger partial charge in [0.2, 0.25) is 10.0 Å². The van der Waals surface area contributed by atoms with E-state index in [1.165, 1.54) is 45.6 Å². The number of hydrogen-bond donors (Lipinski definition) is 1. The molecule has 2 aromatic carbocycles. The van der Waals surface area contributed by atoms with Crippen molar-refractivity contribution in [3.8, 4) is 5.75 Å². The fourth-order valence-electron chi connectivity index (χ4n) is 3.01. The molecule has 11 heteroatoms. The van der Waals surface area contributed by atoms with E-state index in [1.54, 1.807) is 0 Å². The number of benzene rings is 2. The van der Waals surface area contributed by atoms with Gasteiger partial charge in [0, 0.05) is 31.2 Å². The Morgan fingerprint density at radius 3 is 2.43 bits per heavy atom. The van der Waals surface area contributed by atoms with E-state index in [-0.39, 0.29) is 54.9 Å². The molecule has 0 unspecified atom stereocenters. The molecule has 1 saturated heterocycles. The van der Waals surface area contributed by atoms with Gasteiger partial charge in [-0.15, -0.1) is 0 Å². The smallest absolute Gasteiger partial charge is 0.260 e. The van der Waals surface area contributed by atoms with Crippen LogP contribution in [0.2, 0.25) is 5.02 Å². The molecule has 0 atom stereocenters. The van der Waals surface area contributed by atoms with Crippen LogP contribution in [-0.2, 0) is 14.8 Å². The van der Waals surface area contributed by atoms with Gasteiger partial charge in [-0.1, -0.05) is 17.7 Å². The molecule has 2 amide bonds. The first-order valence-corrected chi connectivity index (χ1v) is 10.8. The first-order valence-electron chi connectivity index (χ1n) is 8.94. The lowest BCUT2D eigenvalue weighted by molar-refractivity contribution is -0.134. The number of ether oxygens (including phenoxy) is 1. The van der Waals surface area contributed by atoms with Gasteiger partial charge in [0.25, 0.3) is 11.8 Å². The standard InChI is InChI=1S/C19H19ClFN3O5S/c20-13-4-5-17(16(10-13)19(22)26)29-12-18(25)23-6-8-24(9-7-23)30(27,28)15-3-1-2-14(21)11-15/h1-5,10-11H,6-9,12H2,(H2,22,26). The number of halogens is 2. The van der Waals surface area contributed by atoms with Crippen LogP contribution in [0.3, 0.4) is 0 Å². The van der Waals surface area contributed by atoms with Gasteiger partial charge in [-0.25, -0.2) is 12.8 Å². The Morgan fingerprint density at radius 1 is 1.10 bits per heavy atom. The third-order valence-electron chi connectivity index (χ3n) is 4.58. The fourth-order valence-corrected chi connectivity index (χ4v) is 4.63. The molecule has 0 radical (unpaired) electrons. The molecule has 1 heterocycles. The van der Waals surface area contributed by atoms with Crippen LogP contribution in [0.25, 0.3) is 0 Å². The second kappa shape index (κ2) is 8.99. The van der Waals surface area contributed by atoms with Crippen molar-refractivity contribution in [2.24, 2.45) is 5.73 Å². The summed E-state index contributed by atoms with van der Waals surface area (Å²) >= 11 is 5.84. The summed E-state index contributed by atoms with van der Waals surface area (Å²) in [5, 5.41) is 0.304. The molecule has 0 aromatic heterocycles. The molecule has 8 nitrogen and oxygen atoms in total. The van der Waals surface area contributed by atoms with E-state index < -0.39 is 21.7 Å². The zero-order chi connectivity index (χ0) is 21.9. The third-order valence-corrected chi connectivity index (χ3v) is 6.71. The predicted molar refractivity (Wildman–Crippen MR) is 107 cm³/mol. The average molecular weight is 456 g/mol. The third kappa shape index (κ3) is 4.89. The molecule has 1 aliphatic rings. The van der Waals surface area contributed by atoms with Crippen LogP contribution in [0, 0.1) is 5.82 Å². The van der Waals surface area contributed by atoms with E-state index in [0.29, 0.717) is 5.02 Å². The summed E-state index contributed by atoms with van der Waals surface area (Å²) in [6.45, 7) is 0.0920. The zero-order valence-electron chi connectivity index (χ0n) is 15.8. The maximum absolute atomic E-state index is 13.4. The van der Waals surface area contributed by atoms with E-state index in [1.807, 2.05) is 0 Å². The fraction of sp³-hybridized carbons (Fsp3) is 0.263. The summed E-state index contributed by atoms with van der Waals surface area (Å²) in [4.78, 5) is 25.2. The lowest BCUT2D eigenvalue weighted by Crippen LogP contribution is -2.51. The quantitative estimate of drug-likeness (QED) is 0.709. The van der Waals surface area contributed by atoms with Crippen LogP contribution in [0.5, 0.6) is 5.75 Å². The number of sulfonamides is 1. The van der Waals surface area contributed by atoms with Gasteiger partial charge in [-0.3, -0.25) is 9.59 Å². The Morgan fingerprint density at radius 2 is 1.80 bits per heavy atom. The second-order valence-corrected chi connectivity index (χ2v) is 8.91. The maximum Gasteiger partial charge on any atom is 0.260 e. The lowest BCUT2D eigenvalue weighted by atomic mass is 10.2. The largest absolute Gasteiger partial charge is 0.483 e. The topological polar surface area (TPSA) is 110 Å². The number of primary amides is 1. The molecule has 1 aliphatic heterocycles. The van der Waals surface area contributed by atoms with Gasteiger partial charge >= 0.3 is 0 Å². The molecule has 2 N–H and O–H groups in total.